The van der Waals surface area contributed by atoms with Crippen molar-refractivity contribution in [3.05, 3.63) is 181 Å². The van der Waals surface area contributed by atoms with Gasteiger partial charge in [-0.1, -0.05) is 48.5 Å². The third-order valence-corrected chi connectivity index (χ3v) is 13.0. The number of pyridine rings is 3. The first-order valence-electron chi connectivity index (χ1n) is 22.4. The number of aryl methyl sites for hydroxylation is 3. The third kappa shape index (κ3) is 8.28. The fraction of sp³-hybridized carbons (Fsp3) is 0.0690. The summed E-state index contributed by atoms with van der Waals surface area (Å²) in [4.78, 5) is 31.0. The largest absolute Gasteiger partial charge is 1.00 e. The number of aromatic nitrogens is 7. The summed E-state index contributed by atoms with van der Waals surface area (Å²) in [6, 6.07) is 48.8. The first kappa shape index (κ1) is 47.1. The summed E-state index contributed by atoms with van der Waals surface area (Å²) in [6.45, 7) is 1.52. The van der Waals surface area contributed by atoms with Gasteiger partial charge in [-0.2, -0.15) is 0 Å². The Balaban J connectivity index is 0.00000203. The topological polar surface area (TPSA) is 98.1 Å². The highest BCUT2D eigenvalue weighted by molar-refractivity contribution is 6.01. The number of nitrogens with zero attached hydrogens (tertiary/aromatic N) is 5. The number of carbonyl (C=O) groups is 1. The van der Waals surface area contributed by atoms with Crippen molar-refractivity contribution in [1.29, 1.82) is 0 Å². The zero-order valence-electron chi connectivity index (χ0n) is 38.6. The minimum absolute atomic E-state index is 0. The molecular formula is C58H45Cl3N8O. The highest BCUT2D eigenvalue weighted by atomic mass is 35.5. The van der Waals surface area contributed by atoms with Crippen LogP contribution < -0.4 is 56.2 Å². The molecule has 0 unspecified atom stereocenters. The molecule has 10 aromatic rings. The lowest BCUT2D eigenvalue weighted by atomic mass is 10.0. The number of hydrogen-bond acceptors (Lipinski definition) is 3. The summed E-state index contributed by atoms with van der Waals surface area (Å²) in [6.07, 6.45) is 15.1. The predicted octanol–water partition coefficient (Wildman–Crippen LogP) is 2.23. The summed E-state index contributed by atoms with van der Waals surface area (Å²) in [7, 11) is 6.30. The van der Waals surface area contributed by atoms with Crippen LogP contribution in [0.3, 0.4) is 0 Å². The van der Waals surface area contributed by atoms with Crippen LogP contribution in [0.5, 0.6) is 0 Å². The van der Waals surface area contributed by atoms with Crippen LogP contribution >= 0.6 is 0 Å². The zero-order chi connectivity index (χ0) is 45.3. The number of fused-ring (bicyclic) bond motifs is 11. The molecule has 12 rings (SSSR count). The molecule has 70 heavy (non-hydrogen) atoms. The molecule has 344 valence electrons. The number of para-hydroxylation sites is 3. The van der Waals surface area contributed by atoms with Gasteiger partial charge in [0.15, 0.2) is 18.6 Å². The molecule has 9 nitrogen and oxygen atoms in total. The lowest BCUT2D eigenvalue weighted by Gasteiger charge is -2.08. The molecule has 0 fully saturated rings. The van der Waals surface area contributed by atoms with Crippen molar-refractivity contribution in [2.75, 3.05) is 5.32 Å². The first-order valence-corrected chi connectivity index (χ1v) is 22.4. The maximum absolute atomic E-state index is 12.1. The smallest absolute Gasteiger partial charge is 0.221 e. The first-order chi connectivity index (χ1) is 32.7. The number of H-pyrrole nitrogens is 2. The van der Waals surface area contributed by atoms with Crippen molar-refractivity contribution in [3.63, 3.8) is 0 Å². The molecule has 0 spiro atoms. The molecule has 2 aliphatic rings. The molecule has 0 atom stereocenters. The van der Waals surface area contributed by atoms with E-state index in [4.69, 9.17) is 9.97 Å². The number of rotatable bonds is 5. The molecule has 3 N–H and O–H groups in total. The quantitative estimate of drug-likeness (QED) is 0.231. The van der Waals surface area contributed by atoms with Crippen LogP contribution in [0.25, 0.3) is 124 Å². The van der Waals surface area contributed by atoms with E-state index >= 15 is 0 Å². The van der Waals surface area contributed by atoms with Crippen LogP contribution in [0.2, 0.25) is 0 Å². The number of amides is 1. The summed E-state index contributed by atoms with van der Waals surface area (Å²) in [5.74, 6) is -0.121. The maximum Gasteiger partial charge on any atom is 0.221 e. The van der Waals surface area contributed by atoms with Crippen molar-refractivity contribution < 1.29 is 55.7 Å². The van der Waals surface area contributed by atoms with Gasteiger partial charge in [0.1, 0.15) is 21.1 Å². The second kappa shape index (κ2) is 18.9. The van der Waals surface area contributed by atoms with Gasteiger partial charge in [-0.3, -0.25) is 4.79 Å². The van der Waals surface area contributed by atoms with Gasteiger partial charge >= 0.3 is 0 Å². The zero-order valence-corrected chi connectivity index (χ0v) is 40.9. The second-order valence-electron chi connectivity index (χ2n) is 17.5. The standard InChI is InChI=1S/C58H44N8O.3ClH/c1-35(67)59-43-19-17-36(18-20-43)55-44-21-23-46(60-44)56(40-29-37-11-5-8-14-52(37)64(2)32-40)48-25-27-50(62-48)58(42-31-39-13-7-10-16-54(39)66(4)34-42)51-28-26-49(63-51)57(47-24-22-45(55)61-47)41-30-38-12-6-9-15-53(38)65(3)33-41;;;/h5-34H,1-4H3,(H2-,59,60,61,62,63,67);3*1H/q+2;;;/p-2. The number of hydrogen-bond donors (Lipinski definition) is 3. The van der Waals surface area contributed by atoms with E-state index in [1.807, 2.05) is 24.3 Å². The summed E-state index contributed by atoms with van der Waals surface area (Å²) < 4.78 is 6.57. The van der Waals surface area contributed by atoms with Crippen LogP contribution in [0.4, 0.5) is 5.69 Å². The Kier molecular flexibility index (Phi) is 12.7. The Morgan fingerprint density at radius 2 is 0.743 bits per heavy atom. The number of aromatic amines is 2. The Hall–Kier alpha value is -7.95. The molecule has 6 aromatic heterocycles. The molecule has 0 saturated heterocycles. The molecule has 0 aliphatic carbocycles. The van der Waals surface area contributed by atoms with Gasteiger partial charge in [0.25, 0.3) is 0 Å². The van der Waals surface area contributed by atoms with E-state index in [1.54, 1.807) is 0 Å². The lowest BCUT2D eigenvalue weighted by Crippen LogP contribution is -3.00. The monoisotopic (exact) mass is 974 g/mol. The average molecular weight is 976 g/mol. The number of nitrogens with one attached hydrogen (secondary N) is 3. The number of halogens is 3. The van der Waals surface area contributed by atoms with Crippen molar-refractivity contribution in [3.8, 4) is 44.5 Å². The second-order valence-corrected chi connectivity index (χ2v) is 17.5. The Morgan fingerprint density at radius 3 is 1.07 bits per heavy atom. The van der Waals surface area contributed by atoms with Crippen LogP contribution in [-0.2, 0) is 25.9 Å². The SMILES string of the molecule is CC(=O)Nc1ccc(-c2c3nc(c(-c4cc5ccccc5[n+](C)c4)c4ccc([nH]4)c(-c4cc5ccccc5[n+](C)c4)c4nc(c(-c5cc6ccccc6[n+](C)c5)c5ccc2[nH]5)C=C4)C=C3)cc1.[Cl-].[Cl-].[Cl-]. The number of anilines is 1. The van der Waals surface area contributed by atoms with Gasteiger partial charge in [0.2, 0.25) is 22.5 Å². The molecule has 0 saturated carbocycles. The highest BCUT2D eigenvalue weighted by Crippen LogP contribution is 2.39. The van der Waals surface area contributed by atoms with Gasteiger partial charge in [0.05, 0.1) is 39.5 Å². The van der Waals surface area contributed by atoms with Crippen LogP contribution in [0, 0.1) is 0 Å². The average Bonchev–Trinajstić information content (AvgIpc) is 4.18. The van der Waals surface area contributed by atoms with Crippen LogP contribution in [0.15, 0.2) is 158 Å². The summed E-state index contributed by atoms with van der Waals surface area (Å²) >= 11 is 0. The van der Waals surface area contributed by atoms with Crippen molar-refractivity contribution >= 4 is 90.7 Å². The molecule has 0 radical (unpaired) electrons. The third-order valence-electron chi connectivity index (χ3n) is 13.0. The highest BCUT2D eigenvalue weighted by Gasteiger charge is 2.23. The minimum atomic E-state index is -0.121. The van der Waals surface area contributed by atoms with E-state index in [0.717, 1.165) is 128 Å². The molecule has 8 heterocycles. The summed E-state index contributed by atoms with van der Waals surface area (Å²) in [5.41, 5.74) is 19.0. The fourth-order valence-corrected chi connectivity index (χ4v) is 10.00. The molecule has 4 aromatic carbocycles. The van der Waals surface area contributed by atoms with Crippen molar-refractivity contribution in [2.24, 2.45) is 21.1 Å². The van der Waals surface area contributed by atoms with E-state index in [1.165, 1.54) is 6.92 Å². The van der Waals surface area contributed by atoms with Gasteiger partial charge in [-0.25, -0.2) is 23.7 Å². The van der Waals surface area contributed by atoms with E-state index in [2.05, 4.69) is 208 Å². The Bertz CT molecular complexity index is 3900. The van der Waals surface area contributed by atoms with Gasteiger partial charge in [0, 0.05) is 91.3 Å². The summed E-state index contributed by atoms with van der Waals surface area (Å²) in [5, 5.41) is 6.32. The maximum atomic E-state index is 12.1. The number of carbonyl (C=O) groups excluding carboxylic acids is 1. The van der Waals surface area contributed by atoms with E-state index < -0.39 is 0 Å². The van der Waals surface area contributed by atoms with E-state index in [0.29, 0.717) is 0 Å². The fourth-order valence-electron chi connectivity index (χ4n) is 10.00. The predicted molar refractivity (Wildman–Crippen MR) is 271 cm³/mol. The molecule has 1 amide bonds. The lowest BCUT2D eigenvalue weighted by molar-refractivity contribution is -0.644. The molecular weight excluding hydrogens is 931 g/mol. The van der Waals surface area contributed by atoms with E-state index in [9.17, 15) is 4.79 Å². The molecule has 8 bridgehead atoms. The number of benzene rings is 4. The van der Waals surface area contributed by atoms with Crippen molar-refractivity contribution in [1.82, 2.24) is 19.9 Å². The minimum Gasteiger partial charge on any atom is -1.00 e. The van der Waals surface area contributed by atoms with Crippen molar-refractivity contribution in [2.45, 2.75) is 6.92 Å². The van der Waals surface area contributed by atoms with Gasteiger partial charge in [-0.15, -0.1) is 0 Å². The molecule has 2 aliphatic heterocycles. The van der Waals surface area contributed by atoms with Crippen LogP contribution in [-0.4, -0.2) is 25.8 Å². The molecule has 12 heteroatoms. The normalized spacial score (nSPS) is 11.6. The Morgan fingerprint density at radius 1 is 0.429 bits per heavy atom. The van der Waals surface area contributed by atoms with E-state index in [-0.39, 0.29) is 43.1 Å². The van der Waals surface area contributed by atoms with Crippen LogP contribution in [0.1, 0.15) is 29.7 Å². The Labute approximate surface area is 422 Å². The van der Waals surface area contributed by atoms with Gasteiger partial charge in [-0.05, 0) is 103 Å². The van der Waals surface area contributed by atoms with Gasteiger partial charge < -0.3 is 52.5 Å².